The van der Waals surface area contributed by atoms with Gasteiger partial charge in [-0.3, -0.25) is 5.10 Å². The molecule has 2 aromatic heterocycles. The number of piperidine rings is 1. The molecule has 134 valence electrons. The summed E-state index contributed by atoms with van der Waals surface area (Å²) in [5.41, 5.74) is 1.31. The van der Waals surface area contributed by atoms with Gasteiger partial charge in [0.05, 0.1) is 12.3 Å². The van der Waals surface area contributed by atoms with E-state index in [1.165, 1.54) is 5.56 Å². The average molecular weight is 342 g/mol. The highest BCUT2D eigenvalue weighted by atomic mass is 16.3. The molecule has 7 nitrogen and oxygen atoms in total. The summed E-state index contributed by atoms with van der Waals surface area (Å²) in [5, 5.41) is 16.8. The lowest BCUT2D eigenvalue weighted by Gasteiger charge is -2.32. The molecular formula is C18H26N6O. The maximum atomic E-state index is 9.80. The fraction of sp³-hybridized carbons (Fsp3) is 0.611. The molecule has 4 heterocycles. The highest BCUT2D eigenvalue weighted by Gasteiger charge is 2.28. The molecule has 7 heteroatoms. The van der Waals surface area contributed by atoms with Crippen LogP contribution < -0.4 is 9.80 Å². The summed E-state index contributed by atoms with van der Waals surface area (Å²) in [7, 11) is 0. The molecule has 2 atom stereocenters. The van der Waals surface area contributed by atoms with Crippen LogP contribution in [0.4, 0.5) is 11.6 Å². The third kappa shape index (κ3) is 3.46. The van der Waals surface area contributed by atoms with Gasteiger partial charge >= 0.3 is 0 Å². The minimum atomic E-state index is -0.256. The van der Waals surface area contributed by atoms with Crippen molar-refractivity contribution < 1.29 is 5.11 Å². The van der Waals surface area contributed by atoms with E-state index in [4.69, 9.17) is 0 Å². The van der Waals surface area contributed by atoms with Gasteiger partial charge in [-0.15, -0.1) is 0 Å². The van der Waals surface area contributed by atoms with Crippen molar-refractivity contribution in [3.63, 3.8) is 0 Å². The van der Waals surface area contributed by atoms with Crippen LogP contribution >= 0.6 is 0 Å². The van der Waals surface area contributed by atoms with Crippen LogP contribution in [0.1, 0.15) is 37.7 Å². The van der Waals surface area contributed by atoms with Crippen LogP contribution in [0.3, 0.4) is 0 Å². The molecule has 0 bridgehead atoms. The van der Waals surface area contributed by atoms with Crippen LogP contribution in [0.15, 0.2) is 24.8 Å². The van der Waals surface area contributed by atoms with E-state index >= 15 is 0 Å². The predicted molar refractivity (Wildman–Crippen MR) is 96.8 cm³/mol. The van der Waals surface area contributed by atoms with Gasteiger partial charge in [-0.2, -0.15) is 5.10 Å². The lowest BCUT2D eigenvalue weighted by Crippen LogP contribution is -2.33. The molecule has 0 aromatic carbocycles. The number of aliphatic hydroxyl groups is 1. The van der Waals surface area contributed by atoms with Gasteiger partial charge in [0.2, 0.25) is 0 Å². The van der Waals surface area contributed by atoms with E-state index in [1.54, 1.807) is 6.33 Å². The second-order valence-electron chi connectivity index (χ2n) is 7.26. The van der Waals surface area contributed by atoms with E-state index in [0.29, 0.717) is 11.8 Å². The van der Waals surface area contributed by atoms with Crippen LogP contribution in [0.5, 0.6) is 0 Å². The number of rotatable bonds is 4. The van der Waals surface area contributed by atoms with Gasteiger partial charge in [-0.25, -0.2) is 9.97 Å². The number of anilines is 2. The number of aliphatic hydroxyl groups excluding tert-OH is 1. The minimum absolute atomic E-state index is 0.256. The maximum Gasteiger partial charge on any atom is 0.134 e. The van der Waals surface area contributed by atoms with E-state index in [1.807, 2.05) is 19.3 Å². The molecule has 4 rings (SSSR count). The standard InChI is InChI=1S/C18H26N6O/c1-13(25)15-4-7-24(11-15)18-8-17(19-12-20-18)23-5-2-14(3-6-23)16-9-21-22-10-16/h8-10,12-15,25H,2-7,11H2,1H3,(H,21,22). The summed E-state index contributed by atoms with van der Waals surface area (Å²) in [5.74, 6) is 2.91. The van der Waals surface area contributed by atoms with Crippen molar-refractivity contribution in [2.75, 3.05) is 36.0 Å². The van der Waals surface area contributed by atoms with Crippen LogP contribution in [-0.2, 0) is 0 Å². The summed E-state index contributed by atoms with van der Waals surface area (Å²) in [4.78, 5) is 13.6. The zero-order valence-electron chi connectivity index (χ0n) is 14.7. The zero-order valence-corrected chi connectivity index (χ0v) is 14.7. The van der Waals surface area contributed by atoms with Crippen LogP contribution in [0.2, 0.25) is 0 Å². The van der Waals surface area contributed by atoms with E-state index in [0.717, 1.165) is 57.1 Å². The van der Waals surface area contributed by atoms with Gasteiger partial charge in [-0.1, -0.05) is 0 Å². The molecule has 2 N–H and O–H groups in total. The number of nitrogens with zero attached hydrogens (tertiary/aromatic N) is 5. The van der Waals surface area contributed by atoms with E-state index < -0.39 is 0 Å². The van der Waals surface area contributed by atoms with Crippen molar-refractivity contribution in [2.45, 2.75) is 38.2 Å². The molecule has 2 aliphatic heterocycles. The summed E-state index contributed by atoms with van der Waals surface area (Å²) in [6.45, 7) is 5.71. The third-order valence-electron chi connectivity index (χ3n) is 5.68. The second kappa shape index (κ2) is 7.00. The van der Waals surface area contributed by atoms with Crippen molar-refractivity contribution in [3.8, 4) is 0 Å². The molecule has 2 unspecified atom stereocenters. The lowest BCUT2D eigenvalue weighted by molar-refractivity contribution is 0.136. The maximum absolute atomic E-state index is 9.80. The van der Waals surface area contributed by atoms with Gasteiger partial charge in [-0.05, 0) is 37.7 Å². The number of nitrogens with one attached hydrogen (secondary N) is 1. The molecule has 2 fully saturated rings. The molecule has 0 saturated carbocycles. The normalized spacial score (nSPS) is 23.2. The number of hydrogen-bond acceptors (Lipinski definition) is 6. The summed E-state index contributed by atoms with van der Waals surface area (Å²) >= 11 is 0. The zero-order chi connectivity index (χ0) is 17.2. The molecule has 25 heavy (non-hydrogen) atoms. The Morgan fingerprint density at radius 3 is 2.48 bits per heavy atom. The largest absolute Gasteiger partial charge is 0.393 e. The van der Waals surface area contributed by atoms with E-state index in [-0.39, 0.29) is 6.10 Å². The van der Waals surface area contributed by atoms with E-state index in [2.05, 4.69) is 36.0 Å². The van der Waals surface area contributed by atoms with Crippen molar-refractivity contribution in [2.24, 2.45) is 5.92 Å². The number of hydrogen-bond donors (Lipinski definition) is 2. The molecule has 2 aromatic rings. The SMILES string of the molecule is CC(O)C1CCN(c2cc(N3CCC(c4cn[nH]c4)CC3)ncn2)C1. The fourth-order valence-electron chi connectivity index (χ4n) is 4.00. The Morgan fingerprint density at radius 2 is 1.84 bits per heavy atom. The first-order chi connectivity index (χ1) is 12.2. The Balaban J connectivity index is 1.41. The van der Waals surface area contributed by atoms with Crippen LogP contribution in [0, 0.1) is 5.92 Å². The summed E-state index contributed by atoms with van der Waals surface area (Å²) < 4.78 is 0. The highest BCUT2D eigenvalue weighted by Crippen LogP contribution is 2.31. The first-order valence-corrected chi connectivity index (χ1v) is 9.19. The van der Waals surface area contributed by atoms with Gasteiger partial charge in [0.25, 0.3) is 0 Å². The first kappa shape index (κ1) is 16.3. The molecule has 0 aliphatic carbocycles. The smallest absolute Gasteiger partial charge is 0.134 e. The fourth-order valence-corrected chi connectivity index (χ4v) is 4.00. The number of aromatic amines is 1. The third-order valence-corrected chi connectivity index (χ3v) is 5.68. The second-order valence-corrected chi connectivity index (χ2v) is 7.26. The van der Waals surface area contributed by atoms with Crippen molar-refractivity contribution in [1.82, 2.24) is 20.2 Å². The van der Waals surface area contributed by atoms with Crippen LogP contribution in [-0.4, -0.2) is 57.6 Å². The van der Waals surface area contributed by atoms with Crippen LogP contribution in [0.25, 0.3) is 0 Å². The topological polar surface area (TPSA) is 81.2 Å². The highest BCUT2D eigenvalue weighted by molar-refractivity contribution is 5.51. The van der Waals surface area contributed by atoms with Gasteiger partial charge in [0, 0.05) is 44.4 Å². The minimum Gasteiger partial charge on any atom is -0.393 e. The summed E-state index contributed by atoms with van der Waals surface area (Å²) in [6.07, 6.45) is 8.62. The molecule has 2 saturated heterocycles. The van der Waals surface area contributed by atoms with Gasteiger partial charge in [0.15, 0.2) is 0 Å². The molecule has 0 spiro atoms. The Labute approximate surface area is 148 Å². The lowest BCUT2D eigenvalue weighted by atomic mass is 9.91. The quantitative estimate of drug-likeness (QED) is 0.882. The molecule has 2 aliphatic rings. The predicted octanol–water partition coefficient (Wildman–Crippen LogP) is 1.79. The molecule has 0 amide bonds. The Bertz CT molecular complexity index is 681. The van der Waals surface area contributed by atoms with Gasteiger partial charge < -0.3 is 14.9 Å². The van der Waals surface area contributed by atoms with Gasteiger partial charge in [0.1, 0.15) is 18.0 Å². The van der Waals surface area contributed by atoms with Crippen molar-refractivity contribution in [3.05, 3.63) is 30.4 Å². The van der Waals surface area contributed by atoms with Crippen molar-refractivity contribution >= 4 is 11.6 Å². The first-order valence-electron chi connectivity index (χ1n) is 9.19. The summed E-state index contributed by atoms with van der Waals surface area (Å²) in [6, 6.07) is 2.10. The Morgan fingerprint density at radius 1 is 1.12 bits per heavy atom. The monoisotopic (exact) mass is 342 g/mol. The van der Waals surface area contributed by atoms with E-state index in [9.17, 15) is 5.11 Å². The van der Waals surface area contributed by atoms with Crippen molar-refractivity contribution in [1.29, 1.82) is 0 Å². The number of aromatic nitrogens is 4. The average Bonchev–Trinajstić information content (AvgIpc) is 3.34. The molecular weight excluding hydrogens is 316 g/mol. The Kier molecular flexibility index (Phi) is 4.57. The Hall–Kier alpha value is -2.15. The molecule has 0 radical (unpaired) electrons. The number of H-pyrrole nitrogens is 1.